The molecule has 0 aromatic heterocycles. The van der Waals surface area contributed by atoms with Crippen molar-refractivity contribution in [2.45, 2.75) is 39.3 Å². The Kier molecular flexibility index (Phi) is 8.72. The molecule has 7 heteroatoms. The molecule has 1 N–H and O–H groups in total. The molecule has 0 saturated carbocycles. The lowest BCUT2D eigenvalue weighted by Gasteiger charge is -2.28. The van der Waals surface area contributed by atoms with Gasteiger partial charge in [-0.1, -0.05) is 32.0 Å². The Bertz CT molecular complexity index is 868. The Balaban J connectivity index is 2.14. The summed E-state index contributed by atoms with van der Waals surface area (Å²) in [7, 11) is 3.15. The topological polar surface area (TPSA) is 67.9 Å². The number of benzene rings is 2. The van der Waals surface area contributed by atoms with E-state index in [9.17, 15) is 9.59 Å². The molecule has 0 spiro atoms. The zero-order chi connectivity index (χ0) is 22.3. The van der Waals surface area contributed by atoms with Crippen LogP contribution < -0.4 is 14.8 Å². The molecule has 0 aliphatic heterocycles. The van der Waals surface area contributed by atoms with Crippen LogP contribution in [0.25, 0.3) is 0 Å². The quantitative estimate of drug-likeness (QED) is 0.590. The second-order valence-electron chi connectivity index (χ2n) is 7.29. The van der Waals surface area contributed by atoms with Gasteiger partial charge < -0.3 is 19.7 Å². The van der Waals surface area contributed by atoms with E-state index in [0.29, 0.717) is 11.7 Å². The van der Waals surface area contributed by atoms with Gasteiger partial charge in [-0.25, -0.2) is 0 Å². The number of methoxy groups -OCH3 is 1. The highest BCUT2D eigenvalue weighted by Gasteiger charge is 2.26. The number of carbonyl (C=O) groups is 2. The standard InChI is InChI=1S/C23H29BrN2O4/c1-15(2)18-8-11-21(20(24)12-18)30-14-22(27)26(16(3)23(28)25-4)13-17-6-9-19(29-5)10-7-17/h6-12,15-16H,13-14H2,1-5H3,(H,25,28)/t16-/m1/s1. The largest absolute Gasteiger partial charge is 0.497 e. The number of rotatable bonds is 9. The maximum atomic E-state index is 13.0. The predicted octanol–water partition coefficient (Wildman–Crippen LogP) is 4.12. The molecule has 0 radical (unpaired) electrons. The number of hydrogen-bond donors (Lipinski definition) is 1. The number of carbonyl (C=O) groups excluding carboxylic acids is 2. The van der Waals surface area contributed by atoms with Crippen LogP contribution in [0.2, 0.25) is 0 Å². The highest BCUT2D eigenvalue weighted by Crippen LogP contribution is 2.29. The Hall–Kier alpha value is -2.54. The third-order valence-corrected chi connectivity index (χ3v) is 5.52. The molecule has 0 heterocycles. The van der Waals surface area contributed by atoms with Gasteiger partial charge in [0.1, 0.15) is 17.5 Å². The Morgan fingerprint density at radius 3 is 2.30 bits per heavy atom. The first kappa shape index (κ1) is 23.7. The zero-order valence-corrected chi connectivity index (χ0v) is 19.7. The normalized spacial score (nSPS) is 11.7. The number of amides is 2. The molecule has 2 aromatic carbocycles. The first-order valence-electron chi connectivity index (χ1n) is 9.83. The molecule has 162 valence electrons. The van der Waals surface area contributed by atoms with Crippen LogP contribution in [0.15, 0.2) is 46.9 Å². The van der Waals surface area contributed by atoms with E-state index in [1.807, 2.05) is 42.5 Å². The summed E-state index contributed by atoms with van der Waals surface area (Å²) >= 11 is 3.51. The van der Waals surface area contributed by atoms with Crippen molar-refractivity contribution in [3.63, 3.8) is 0 Å². The molecule has 2 rings (SSSR count). The van der Waals surface area contributed by atoms with Crippen LogP contribution in [-0.2, 0) is 16.1 Å². The third kappa shape index (κ3) is 6.23. The van der Waals surface area contributed by atoms with Gasteiger partial charge in [0.25, 0.3) is 5.91 Å². The number of likely N-dealkylation sites (N-methyl/N-ethyl adjacent to an activating group) is 1. The molecule has 0 bridgehead atoms. The molecule has 0 saturated heterocycles. The van der Waals surface area contributed by atoms with Gasteiger partial charge in [0, 0.05) is 13.6 Å². The second kappa shape index (κ2) is 11.0. The van der Waals surface area contributed by atoms with Crippen LogP contribution >= 0.6 is 15.9 Å². The van der Waals surface area contributed by atoms with Crippen LogP contribution in [0.4, 0.5) is 0 Å². The van der Waals surface area contributed by atoms with Gasteiger partial charge >= 0.3 is 0 Å². The van der Waals surface area contributed by atoms with Gasteiger partial charge in [-0.3, -0.25) is 9.59 Å². The molecule has 1 atom stereocenters. The second-order valence-corrected chi connectivity index (χ2v) is 8.15. The summed E-state index contributed by atoms with van der Waals surface area (Å²) < 4.78 is 11.7. The summed E-state index contributed by atoms with van der Waals surface area (Å²) in [6.07, 6.45) is 0. The van der Waals surface area contributed by atoms with Crippen LogP contribution in [0.5, 0.6) is 11.5 Å². The van der Waals surface area contributed by atoms with Crippen molar-refractivity contribution in [3.8, 4) is 11.5 Å². The molecule has 0 fully saturated rings. The lowest BCUT2D eigenvalue weighted by atomic mass is 10.0. The van der Waals surface area contributed by atoms with Gasteiger partial charge in [-0.15, -0.1) is 0 Å². The van der Waals surface area contributed by atoms with Crippen LogP contribution in [0, 0.1) is 0 Å². The summed E-state index contributed by atoms with van der Waals surface area (Å²) in [5, 5.41) is 2.60. The lowest BCUT2D eigenvalue weighted by Crippen LogP contribution is -2.48. The van der Waals surface area contributed by atoms with E-state index in [1.54, 1.807) is 21.1 Å². The maximum Gasteiger partial charge on any atom is 0.261 e. The average molecular weight is 477 g/mol. The smallest absolute Gasteiger partial charge is 0.261 e. The third-order valence-electron chi connectivity index (χ3n) is 4.90. The summed E-state index contributed by atoms with van der Waals surface area (Å²) in [6.45, 7) is 6.05. The van der Waals surface area contributed by atoms with Crippen molar-refractivity contribution >= 4 is 27.7 Å². The van der Waals surface area contributed by atoms with Crippen molar-refractivity contribution in [1.82, 2.24) is 10.2 Å². The van der Waals surface area contributed by atoms with Gasteiger partial charge in [0.05, 0.1) is 11.6 Å². The van der Waals surface area contributed by atoms with Crippen LogP contribution in [-0.4, -0.2) is 43.5 Å². The number of nitrogens with zero attached hydrogens (tertiary/aromatic N) is 1. The summed E-state index contributed by atoms with van der Waals surface area (Å²) in [5.41, 5.74) is 2.07. The fraction of sp³-hybridized carbons (Fsp3) is 0.391. The van der Waals surface area contributed by atoms with Crippen molar-refractivity contribution in [2.75, 3.05) is 20.8 Å². The van der Waals surface area contributed by atoms with Gasteiger partial charge in [0.15, 0.2) is 6.61 Å². The molecule has 2 amide bonds. The number of ether oxygens (including phenoxy) is 2. The lowest BCUT2D eigenvalue weighted by molar-refractivity contribution is -0.142. The molecule has 30 heavy (non-hydrogen) atoms. The summed E-state index contributed by atoms with van der Waals surface area (Å²) in [6, 6.07) is 12.6. The van der Waals surface area contributed by atoms with E-state index < -0.39 is 6.04 Å². The maximum absolute atomic E-state index is 13.0. The molecule has 6 nitrogen and oxygen atoms in total. The van der Waals surface area contributed by atoms with Crippen molar-refractivity contribution < 1.29 is 19.1 Å². The van der Waals surface area contributed by atoms with E-state index in [2.05, 4.69) is 35.1 Å². The van der Waals surface area contributed by atoms with Crippen molar-refractivity contribution in [3.05, 3.63) is 58.1 Å². The molecule has 0 unspecified atom stereocenters. The number of halogens is 1. The summed E-state index contributed by atoms with van der Waals surface area (Å²) in [5.74, 6) is 1.20. The minimum Gasteiger partial charge on any atom is -0.497 e. The number of nitrogens with one attached hydrogen (secondary N) is 1. The van der Waals surface area contributed by atoms with E-state index in [0.717, 1.165) is 15.8 Å². The minimum absolute atomic E-state index is 0.170. The van der Waals surface area contributed by atoms with E-state index in [4.69, 9.17) is 9.47 Å². The molecular formula is C23H29BrN2O4. The Morgan fingerprint density at radius 2 is 1.77 bits per heavy atom. The Labute approximate surface area is 186 Å². The van der Waals surface area contributed by atoms with Gasteiger partial charge in [0.2, 0.25) is 5.91 Å². The average Bonchev–Trinajstić information content (AvgIpc) is 2.75. The van der Waals surface area contributed by atoms with Gasteiger partial charge in [-0.2, -0.15) is 0 Å². The molecule has 2 aromatic rings. The van der Waals surface area contributed by atoms with E-state index in [-0.39, 0.29) is 25.0 Å². The van der Waals surface area contributed by atoms with Crippen molar-refractivity contribution in [2.24, 2.45) is 0 Å². The fourth-order valence-electron chi connectivity index (χ4n) is 2.93. The SMILES string of the molecule is CNC(=O)[C@@H](C)N(Cc1ccc(OC)cc1)C(=O)COc1ccc(C(C)C)cc1Br. The van der Waals surface area contributed by atoms with E-state index in [1.165, 1.54) is 10.5 Å². The minimum atomic E-state index is -0.639. The molecule has 0 aliphatic carbocycles. The van der Waals surface area contributed by atoms with Crippen LogP contribution in [0.3, 0.4) is 0 Å². The highest BCUT2D eigenvalue weighted by atomic mass is 79.9. The summed E-state index contributed by atoms with van der Waals surface area (Å²) in [4.78, 5) is 26.7. The predicted molar refractivity (Wildman–Crippen MR) is 121 cm³/mol. The van der Waals surface area contributed by atoms with Crippen LogP contribution in [0.1, 0.15) is 37.8 Å². The van der Waals surface area contributed by atoms with Gasteiger partial charge in [-0.05, 0) is 64.2 Å². The van der Waals surface area contributed by atoms with Crippen molar-refractivity contribution in [1.29, 1.82) is 0 Å². The first-order valence-corrected chi connectivity index (χ1v) is 10.6. The highest BCUT2D eigenvalue weighted by molar-refractivity contribution is 9.10. The zero-order valence-electron chi connectivity index (χ0n) is 18.1. The molecular weight excluding hydrogens is 448 g/mol. The number of hydrogen-bond acceptors (Lipinski definition) is 4. The molecule has 0 aliphatic rings. The monoisotopic (exact) mass is 476 g/mol. The first-order chi connectivity index (χ1) is 14.3. The fourth-order valence-corrected chi connectivity index (χ4v) is 3.45. The Morgan fingerprint density at radius 1 is 1.10 bits per heavy atom. The van der Waals surface area contributed by atoms with E-state index >= 15 is 0 Å².